The van der Waals surface area contributed by atoms with E-state index in [9.17, 15) is 31.5 Å². The lowest BCUT2D eigenvalue weighted by Crippen LogP contribution is -2.20. The van der Waals surface area contributed by atoms with Crippen LogP contribution in [0.5, 0.6) is 17.2 Å². The van der Waals surface area contributed by atoms with Gasteiger partial charge in [0.05, 0.1) is 5.56 Å². The molecule has 0 bridgehead atoms. The van der Waals surface area contributed by atoms with Crippen LogP contribution in [0, 0.1) is 36.0 Å². The minimum absolute atomic E-state index is 0.0402. The van der Waals surface area contributed by atoms with Crippen molar-refractivity contribution in [2.75, 3.05) is 6.61 Å². The molecule has 4 rings (SSSR count). The molecule has 0 amide bonds. The molecule has 184 valence electrons. The van der Waals surface area contributed by atoms with Gasteiger partial charge in [0.15, 0.2) is 18.1 Å². The Labute approximate surface area is 201 Å². The van der Waals surface area contributed by atoms with Crippen molar-refractivity contribution in [2.24, 2.45) is 0 Å². The zero-order valence-corrected chi connectivity index (χ0v) is 18.4. The standard InChI is InChI=1S/C26H15F5O5/c1-13-16(35-18(32)12-34-26-22(30)20(28)19(27)21(29)23(26)31)11-10-15-24(33)17(36-25(13)15)9-5-8-14-6-3-2-4-7-14/h2-11H,12H2,1H3/b8-5+,17-9-. The first kappa shape index (κ1) is 24.6. The van der Waals surface area contributed by atoms with Gasteiger partial charge in [0.25, 0.3) is 0 Å². The molecule has 0 fully saturated rings. The van der Waals surface area contributed by atoms with Crippen molar-refractivity contribution in [3.63, 3.8) is 0 Å². The summed E-state index contributed by atoms with van der Waals surface area (Å²) in [4.78, 5) is 24.7. The lowest BCUT2D eigenvalue weighted by molar-refractivity contribution is -0.136. The van der Waals surface area contributed by atoms with Crippen molar-refractivity contribution in [3.8, 4) is 17.2 Å². The Hall–Kier alpha value is -4.47. The maximum Gasteiger partial charge on any atom is 0.349 e. The Morgan fingerprint density at radius 2 is 1.56 bits per heavy atom. The number of fused-ring (bicyclic) bond motifs is 1. The van der Waals surface area contributed by atoms with Crippen LogP contribution in [0.3, 0.4) is 0 Å². The van der Waals surface area contributed by atoms with Crippen LogP contribution in [0.15, 0.2) is 60.4 Å². The average molecular weight is 502 g/mol. The minimum atomic E-state index is -2.35. The summed E-state index contributed by atoms with van der Waals surface area (Å²) in [6, 6.07) is 12.0. The summed E-state index contributed by atoms with van der Waals surface area (Å²) < 4.78 is 82.3. The van der Waals surface area contributed by atoms with Gasteiger partial charge in [-0.2, -0.15) is 8.78 Å². The molecule has 0 N–H and O–H groups in total. The summed E-state index contributed by atoms with van der Waals surface area (Å²) in [6.07, 6.45) is 4.90. The molecule has 0 aliphatic carbocycles. The van der Waals surface area contributed by atoms with E-state index in [0.717, 1.165) is 5.56 Å². The number of esters is 1. The van der Waals surface area contributed by atoms with Gasteiger partial charge in [-0.1, -0.05) is 42.5 Å². The molecule has 0 aromatic heterocycles. The summed E-state index contributed by atoms with van der Waals surface area (Å²) in [5, 5.41) is 0. The molecule has 0 saturated heterocycles. The van der Waals surface area contributed by atoms with Gasteiger partial charge in [-0.05, 0) is 30.7 Å². The third kappa shape index (κ3) is 4.70. The predicted octanol–water partition coefficient (Wildman–Crippen LogP) is 5.85. The second-order valence-corrected chi connectivity index (χ2v) is 7.46. The molecule has 0 radical (unpaired) electrons. The van der Waals surface area contributed by atoms with Crippen molar-refractivity contribution < 1.29 is 45.8 Å². The third-order valence-electron chi connectivity index (χ3n) is 5.10. The smallest absolute Gasteiger partial charge is 0.349 e. The molecule has 5 nitrogen and oxygen atoms in total. The highest BCUT2D eigenvalue weighted by molar-refractivity contribution is 6.13. The number of ketones is 1. The van der Waals surface area contributed by atoms with Crippen LogP contribution in [0.2, 0.25) is 0 Å². The van der Waals surface area contributed by atoms with Crippen molar-refractivity contribution in [2.45, 2.75) is 6.92 Å². The predicted molar refractivity (Wildman–Crippen MR) is 117 cm³/mol. The lowest BCUT2D eigenvalue weighted by Gasteiger charge is -2.12. The number of hydrogen-bond acceptors (Lipinski definition) is 5. The number of benzene rings is 3. The van der Waals surface area contributed by atoms with Gasteiger partial charge in [0.2, 0.25) is 34.9 Å². The number of halogens is 5. The monoisotopic (exact) mass is 502 g/mol. The number of carbonyl (C=O) groups excluding carboxylic acids is 2. The van der Waals surface area contributed by atoms with Gasteiger partial charge in [0, 0.05) is 5.56 Å². The highest BCUT2D eigenvalue weighted by Gasteiger charge is 2.31. The van der Waals surface area contributed by atoms with Crippen LogP contribution in [-0.4, -0.2) is 18.4 Å². The van der Waals surface area contributed by atoms with Gasteiger partial charge in [-0.25, -0.2) is 18.0 Å². The maximum absolute atomic E-state index is 13.7. The van der Waals surface area contributed by atoms with Crippen molar-refractivity contribution in [1.29, 1.82) is 0 Å². The molecule has 0 saturated carbocycles. The van der Waals surface area contributed by atoms with Gasteiger partial charge < -0.3 is 14.2 Å². The number of rotatable bonds is 6. The molecule has 1 aliphatic rings. The Bertz CT molecular complexity index is 1400. The maximum atomic E-state index is 13.7. The van der Waals surface area contributed by atoms with E-state index in [2.05, 4.69) is 4.74 Å². The van der Waals surface area contributed by atoms with E-state index >= 15 is 0 Å². The summed E-state index contributed by atoms with van der Waals surface area (Å²) >= 11 is 0. The second-order valence-electron chi connectivity index (χ2n) is 7.46. The Morgan fingerprint density at radius 1 is 0.917 bits per heavy atom. The number of Topliss-reactive ketones (excluding diaryl/α,β-unsaturated/α-hetero) is 1. The van der Waals surface area contributed by atoms with Crippen molar-refractivity contribution in [3.05, 3.63) is 106 Å². The number of carbonyl (C=O) groups is 2. The van der Waals surface area contributed by atoms with Gasteiger partial charge in [-0.3, -0.25) is 4.79 Å². The summed E-state index contributed by atoms with van der Waals surface area (Å²) in [7, 11) is 0. The Kier molecular flexibility index (Phi) is 6.86. The molecule has 1 aliphatic heterocycles. The summed E-state index contributed by atoms with van der Waals surface area (Å²) in [5.74, 6) is -14.3. The first-order valence-electron chi connectivity index (χ1n) is 10.3. The van der Waals surface area contributed by atoms with E-state index in [-0.39, 0.29) is 28.4 Å². The zero-order chi connectivity index (χ0) is 26.0. The van der Waals surface area contributed by atoms with E-state index in [0.29, 0.717) is 0 Å². The minimum Gasteiger partial charge on any atom is -0.476 e. The Morgan fingerprint density at radius 3 is 2.22 bits per heavy atom. The number of hydrogen-bond donors (Lipinski definition) is 0. The lowest BCUT2D eigenvalue weighted by atomic mass is 10.1. The van der Waals surface area contributed by atoms with Crippen molar-refractivity contribution >= 4 is 17.8 Å². The highest BCUT2D eigenvalue weighted by Crippen LogP contribution is 2.39. The fourth-order valence-corrected chi connectivity index (χ4v) is 3.30. The average Bonchev–Trinajstić information content (AvgIpc) is 3.20. The molecule has 10 heteroatoms. The van der Waals surface area contributed by atoms with E-state index in [1.54, 1.807) is 12.2 Å². The molecular formula is C26H15F5O5. The van der Waals surface area contributed by atoms with E-state index < -0.39 is 53.2 Å². The topological polar surface area (TPSA) is 61.8 Å². The molecular weight excluding hydrogens is 487 g/mol. The third-order valence-corrected chi connectivity index (χ3v) is 5.10. The Balaban J connectivity index is 1.46. The molecule has 36 heavy (non-hydrogen) atoms. The quantitative estimate of drug-likeness (QED) is 0.106. The molecule has 1 heterocycles. The normalized spacial score (nSPS) is 13.7. The SMILES string of the molecule is Cc1c(OC(=O)COc2c(F)c(F)c(F)c(F)c2F)ccc2c1O/C(=C\C=C\c1ccccc1)C2=O. The van der Waals surface area contributed by atoms with Crippen LogP contribution >= 0.6 is 0 Å². The van der Waals surface area contributed by atoms with Crippen LogP contribution in [0.25, 0.3) is 6.08 Å². The second kappa shape index (κ2) is 10.0. The van der Waals surface area contributed by atoms with Crippen LogP contribution in [-0.2, 0) is 4.79 Å². The van der Waals surface area contributed by atoms with Crippen molar-refractivity contribution in [1.82, 2.24) is 0 Å². The molecule has 0 spiro atoms. The van der Waals surface area contributed by atoms with Gasteiger partial charge in [0.1, 0.15) is 11.5 Å². The summed E-state index contributed by atoms with van der Waals surface area (Å²) in [5.41, 5.74) is 1.40. The first-order chi connectivity index (χ1) is 17.2. The fourth-order valence-electron chi connectivity index (χ4n) is 3.30. The highest BCUT2D eigenvalue weighted by atomic mass is 19.2. The molecule has 3 aromatic rings. The molecule has 3 aromatic carbocycles. The zero-order valence-electron chi connectivity index (χ0n) is 18.4. The van der Waals surface area contributed by atoms with Crippen LogP contribution in [0.1, 0.15) is 21.5 Å². The van der Waals surface area contributed by atoms with Gasteiger partial charge >= 0.3 is 5.97 Å². The molecule has 0 unspecified atom stereocenters. The summed E-state index contributed by atoms with van der Waals surface area (Å²) in [6.45, 7) is 0.340. The molecule has 0 atom stereocenters. The number of ether oxygens (including phenoxy) is 3. The van der Waals surface area contributed by atoms with Crippen LogP contribution in [0.4, 0.5) is 22.0 Å². The van der Waals surface area contributed by atoms with E-state index in [1.807, 2.05) is 30.3 Å². The largest absolute Gasteiger partial charge is 0.476 e. The van der Waals surface area contributed by atoms with Crippen LogP contribution < -0.4 is 14.2 Å². The fraction of sp³-hybridized carbons (Fsp3) is 0.0769. The van der Waals surface area contributed by atoms with E-state index in [1.165, 1.54) is 25.1 Å². The van der Waals surface area contributed by atoms with E-state index in [4.69, 9.17) is 9.47 Å². The van der Waals surface area contributed by atoms with Gasteiger partial charge in [-0.15, -0.1) is 0 Å². The number of allylic oxidation sites excluding steroid dienone is 3. The first-order valence-corrected chi connectivity index (χ1v) is 10.3.